The van der Waals surface area contributed by atoms with Gasteiger partial charge in [-0.2, -0.15) is 13.2 Å². The van der Waals surface area contributed by atoms with Crippen molar-refractivity contribution in [3.05, 3.63) is 46.3 Å². The number of anilines is 1. The number of ether oxygens (including phenoxy) is 1. The molecule has 50 heavy (non-hydrogen) atoms. The van der Waals surface area contributed by atoms with Crippen molar-refractivity contribution in [1.29, 1.82) is 0 Å². The normalized spacial score (nSPS) is 27.4. The summed E-state index contributed by atoms with van der Waals surface area (Å²) in [6.45, 7) is 2.16. The van der Waals surface area contributed by atoms with Crippen molar-refractivity contribution >= 4 is 50.9 Å². The molecule has 4 amide bonds. The van der Waals surface area contributed by atoms with Crippen LogP contribution in [0.25, 0.3) is 11.3 Å². The minimum atomic E-state index is -4.69. The maximum absolute atomic E-state index is 13.9. The van der Waals surface area contributed by atoms with Crippen molar-refractivity contribution in [1.82, 2.24) is 19.9 Å². The van der Waals surface area contributed by atoms with E-state index in [9.17, 15) is 40.8 Å². The summed E-state index contributed by atoms with van der Waals surface area (Å²) < 4.78 is 73.9. The standard InChI is InChI=1S/C33H38F3N5O7S2/c1-18-37-27(17-49-18)23-11-8-19(33(34,35)36)13-26(23)38-31(45)48-21-14-24-25(15-21)29(43)41(2)12-6-4-3-5-7-20-16-32(20,39-28(24)42)30(44)40-50(46,47)22-9-10-22/h5,7-8,11,13,17,20-22,24-25H,3-4,6,9-10,12,14-16H2,1-2H3,(H,38,45)(H,39,42)(H,40,44). The van der Waals surface area contributed by atoms with E-state index in [1.54, 1.807) is 19.4 Å². The van der Waals surface area contributed by atoms with E-state index in [4.69, 9.17) is 4.74 Å². The molecule has 2 aromatic rings. The molecular weight excluding hydrogens is 700 g/mol. The zero-order valence-electron chi connectivity index (χ0n) is 27.4. The number of alkyl halides is 3. The minimum absolute atomic E-state index is 0.0476. The number of halogens is 3. The van der Waals surface area contributed by atoms with Crippen molar-refractivity contribution in [2.45, 2.75) is 81.4 Å². The number of fused-ring (bicyclic) bond motifs is 2. The Morgan fingerprint density at radius 1 is 1.14 bits per heavy atom. The molecule has 1 aromatic carbocycles. The monoisotopic (exact) mass is 737 g/mol. The van der Waals surface area contributed by atoms with E-state index in [0.717, 1.165) is 18.6 Å². The van der Waals surface area contributed by atoms with Crippen LogP contribution in [0, 0.1) is 24.7 Å². The smallest absolute Gasteiger partial charge is 0.416 e. The van der Waals surface area contributed by atoms with Crippen LogP contribution < -0.4 is 15.4 Å². The van der Waals surface area contributed by atoms with Gasteiger partial charge in [0.05, 0.1) is 39.0 Å². The molecule has 0 spiro atoms. The van der Waals surface area contributed by atoms with E-state index < -0.39 is 74.3 Å². The highest BCUT2D eigenvalue weighted by molar-refractivity contribution is 7.91. The van der Waals surface area contributed by atoms with Crippen molar-refractivity contribution in [2.24, 2.45) is 17.8 Å². The van der Waals surface area contributed by atoms with Gasteiger partial charge in [0.2, 0.25) is 21.8 Å². The molecule has 5 atom stereocenters. The van der Waals surface area contributed by atoms with E-state index in [0.29, 0.717) is 42.9 Å². The molecule has 1 aromatic heterocycles. The Kier molecular flexibility index (Phi) is 9.76. The van der Waals surface area contributed by atoms with Gasteiger partial charge >= 0.3 is 12.3 Å². The lowest BCUT2D eigenvalue weighted by Crippen LogP contribution is -2.54. The van der Waals surface area contributed by atoms with Crippen LogP contribution >= 0.6 is 11.3 Å². The Morgan fingerprint density at radius 2 is 1.88 bits per heavy atom. The Balaban J connectivity index is 1.22. The van der Waals surface area contributed by atoms with Gasteiger partial charge in [0.15, 0.2) is 0 Å². The van der Waals surface area contributed by atoms with Gasteiger partial charge in [0.25, 0.3) is 5.91 Å². The molecule has 270 valence electrons. The quantitative estimate of drug-likeness (QED) is 0.358. The molecule has 3 aliphatic carbocycles. The summed E-state index contributed by atoms with van der Waals surface area (Å²) in [6, 6.07) is 2.90. The first-order valence-electron chi connectivity index (χ1n) is 16.5. The number of sulfonamides is 1. The number of nitrogens with one attached hydrogen (secondary N) is 3. The van der Waals surface area contributed by atoms with Gasteiger partial charge in [0, 0.05) is 30.5 Å². The highest BCUT2D eigenvalue weighted by atomic mass is 32.2. The van der Waals surface area contributed by atoms with Crippen LogP contribution in [0.2, 0.25) is 0 Å². The number of rotatable bonds is 6. The first kappa shape index (κ1) is 35.8. The molecular formula is C33H38F3N5O7S2. The molecule has 17 heteroatoms. The molecule has 0 saturated heterocycles. The summed E-state index contributed by atoms with van der Waals surface area (Å²) in [4.78, 5) is 60.1. The first-order chi connectivity index (χ1) is 23.6. The van der Waals surface area contributed by atoms with Crippen LogP contribution in [-0.2, 0) is 35.3 Å². The SMILES string of the molecule is Cc1nc(-c2ccc(C(F)(F)F)cc2NC(=O)OC2CC3C(=O)NC4(C(=O)NS(=O)(=O)C5CC5)CC4C=CCCCCN(C)C(=O)C3C2)cs1. The number of carbonyl (C=O) groups is 4. The summed E-state index contributed by atoms with van der Waals surface area (Å²) in [6.07, 6.45) is -0.0549. The van der Waals surface area contributed by atoms with Crippen molar-refractivity contribution in [3.8, 4) is 11.3 Å². The Hall–Kier alpha value is -3.99. The molecule has 3 saturated carbocycles. The molecule has 2 heterocycles. The van der Waals surface area contributed by atoms with Gasteiger partial charge in [-0.1, -0.05) is 18.2 Å². The van der Waals surface area contributed by atoms with E-state index in [2.05, 4.69) is 20.3 Å². The Bertz CT molecular complexity index is 1830. The first-order valence-corrected chi connectivity index (χ1v) is 18.9. The van der Waals surface area contributed by atoms with Gasteiger partial charge < -0.3 is 15.0 Å². The van der Waals surface area contributed by atoms with Crippen LogP contribution in [0.4, 0.5) is 23.7 Å². The third kappa shape index (κ3) is 7.67. The number of nitrogens with zero attached hydrogens (tertiary/aromatic N) is 2. The number of hydrogen-bond donors (Lipinski definition) is 3. The molecule has 0 bridgehead atoms. The fourth-order valence-corrected chi connectivity index (χ4v) is 8.69. The lowest BCUT2D eigenvalue weighted by Gasteiger charge is -2.26. The largest absolute Gasteiger partial charge is 0.446 e. The number of benzene rings is 1. The molecule has 1 aliphatic heterocycles. The number of allylic oxidation sites excluding steroid dienone is 1. The van der Waals surface area contributed by atoms with Crippen molar-refractivity contribution in [3.63, 3.8) is 0 Å². The van der Waals surface area contributed by atoms with Crippen LogP contribution in [0.15, 0.2) is 35.7 Å². The Labute approximate surface area is 291 Å². The highest BCUT2D eigenvalue weighted by Crippen LogP contribution is 2.47. The molecule has 5 unspecified atom stereocenters. The van der Waals surface area contributed by atoms with Crippen molar-refractivity contribution < 1.29 is 45.5 Å². The molecule has 12 nitrogen and oxygen atoms in total. The predicted octanol–water partition coefficient (Wildman–Crippen LogP) is 4.76. The number of aromatic nitrogens is 1. The maximum atomic E-state index is 13.9. The summed E-state index contributed by atoms with van der Waals surface area (Å²) in [7, 11) is -2.29. The highest BCUT2D eigenvalue weighted by Gasteiger charge is 2.62. The number of aryl methyl sites for hydroxylation is 1. The molecule has 4 aliphatic rings. The third-order valence-electron chi connectivity index (χ3n) is 9.75. The molecule has 3 fully saturated rings. The van der Waals surface area contributed by atoms with Crippen LogP contribution in [0.5, 0.6) is 0 Å². The van der Waals surface area contributed by atoms with Gasteiger partial charge in [-0.25, -0.2) is 18.2 Å². The minimum Gasteiger partial charge on any atom is -0.446 e. The lowest BCUT2D eigenvalue weighted by atomic mass is 9.93. The lowest BCUT2D eigenvalue weighted by molar-refractivity contribution is -0.140. The van der Waals surface area contributed by atoms with Crippen molar-refractivity contribution in [2.75, 3.05) is 18.9 Å². The maximum Gasteiger partial charge on any atom is 0.416 e. The van der Waals surface area contributed by atoms with Gasteiger partial charge in [0.1, 0.15) is 11.6 Å². The van der Waals surface area contributed by atoms with E-state index >= 15 is 0 Å². The second-order valence-corrected chi connectivity index (χ2v) is 16.5. The predicted molar refractivity (Wildman–Crippen MR) is 177 cm³/mol. The number of hydrogen-bond acceptors (Lipinski definition) is 9. The number of carbonyl (C=O) groups excluding carboxylic acids is 4. The van der Waals surface area contributed by atoms with Crippen LogP contribution in [-0.4, -0.2) is 72.6 Å². The fraction of sp³-hybridized carbons (Fsp3) is 0.545. The van der Waals surface area contributed by atoms with Gasteiger partial charge in [-0.05, 0) is 70.4 Å². The fourth-order valence-electron chi connectivity index (χ4n) is 6.72. The van der Waals surface area contributed by atoms with Crippen LogP contribution in [0.1, 0.15) is 61.9 Å². The zero-order chi connectivity index (χ0) is 36.0. The van der Waals surface area contributed by atoms with Crippen LogP contribution in [0.3, 0.4) is 0 Å². The molecule has 3 N–H and O–H groups in total. The summed E-state index contributed by atoms with van der Waals surface area (Å²) in [5.41, 5.74) is -2.08. The van der Waals surface area contributed by atoms with E-state index in [-0.39, 0.29) is 36.4 Å². The summed E-state index contributed by atoms with van der Waals surface area (Å²) in [5.74, 6) is -4.28. The summed E-state index contributed by atoms with van der Waals surface area (Å²) in [5, 5.41) is 6.84. The number of amides is 4. The summed E-state index contributed by atoms with van der Waals surface area (Å²) >= 11 is 1.29. The average molecular weight is 738 g/mol. The van der Waals surface area contributed by atoms with Gasteiger partial charge in [-0.15, -0.1) is 11.3 Å². The second kappa shape index (κ2) is 13.6. The van der Waals surface area contributed by atoms with E-state index in [1.807, 2.05) is 12.2 Å². The average Bonchev–Trinajstić information content (AvgIpc) is 3.93. The number of thiazole rings is 1. The molecule has 6 rings (SSSR count). The Morgan fingerprint density at radius 3 is 2.56 bits per heavy atom. The van der Waals surface area contributed by atoms with E-state index in [1.165, 1.54) is 22.3 Å². The zero-order valence-corrected chi connectivity index (χ0v) is 29.1. The second-order valence-electron chi connectivity index (χ2n) is 13.5. The molecule has 0 radical (unpaired) electrons. The van der Waals surface area contributed by atoms with Gasteiger partial charge in [-0.3, -0.25) is 24.4 Å². The topological polar surface area (TPSA) is 164 Å². The third-order valence-corrected chi connectivity index (χ3v) is 12.3.